The minimum atomic E-state index is 0.295. The molecule has 1 fully saturated rings. The van der Waals surface area contributed by atoms with E-state index in [4.69, 9.17) is 4.42 Å². The number of piperidine rings is 1. The number of nitrogens with zero attached hydrogens (tertiary/aromatic N) is 1. The second kappa shape index (κ2) is 4.64. The van der Waals surface area contributed by atoms with Crippen molar-refractivity contribution < 1.29 is 4.42 Å². The summed E-state index contributed by atoms with van der Waals surface area (Å²) >= 11 is 0. The first kappa shape index (κ1) is 12.0. The summed E-state index contributed by atoms with van der Waals surface area (Å²) < 4.78 is 5.16. The molecule has 0 saturated carbocycles. The number of fused-ring (bicyclic) bond motifs is 2. The van der Waals surface area contributed by atoms with Crippen molar-refractivity contribution in [3.05, 3.63) is 65.6 Å². The van der Waals surface area contributed by atoms with E-state index in [1.807, 2.05) is 6.26 Å². The van der Waals surface area contributed by atoms with Gasteiger partial charge in [-0.1, -0.05) is 36.4 Å². The van der Waals surface area contributed by atoms with Crippen LogP contribution in [0.2, 0.25) is 0 Å². The van der Waals surface area contributed by atoms with Crippen LogP contribution < -0.4 is 0 Å². The van der Waals surface area contributed by atoms with Crippen LogP contribution in [-0.4, -0.2) is 18.0 Å². The minimum absolute atomic E-state index is 0.295. The van der Waals surface area contributed by atoms with Crippen molar-refractivity contribution in [2.24, 2.45) is 0 Å². The number of hydrogen-bond acceptors (Lipinski definition) is 2. The monoisotopic (exact) mass is 265 g/mol. The molecule has 2 aliphatic rings. The van der Waals surface area contributed by atoms with Crippen LogP contribution in [0.3, 0.4) is 0 Å². The van der Waals surface area contributed by atoms with Crippen molar-refractivity contribution in [3.63, 3.8) is 0 Å². The van der Waals surface area contributed by atoms with Crippen LogP contribution in [0.25, 0.3) is 6.08 Å². The highest BCUT2D eigenvalue weighted by atomic mass is 16.3. The Labute approximate surface area is 119 Å². The number of benzene rings is 1. The minimum Gasteiger partial charge on any atom is -0.472 e. The number of likely N-dealkylation sites (tertiary alicyclic amines) is 1. The van der Waals surface area contributed by atoms with Gasteiger partial charge in [0.25, 0.3) is 0 Å². The molecule has 0 atom stereocenters. The first-order valence-corrected chi connectivity index (χ1v) is 7.38. The highest BCUT2D eigenvalue weighted by molar-refractivity contribution is 5.65. The molecule has 0 N–H and O–H groups in total. The molecule has 1 aliphatic carbocycles. The second-order valence-corrected chi connectivity index (χ2v) is 5.98. The van der Waals surface area contributed by atoms with Gasteiger partial charge < -0.3 is 4.42 Å². The van der Waals surface area contributed by atoms with Crippen LogP contribution in [0, 0.1) is 0 Å². The van der Waals surface area contributed by atoms with Crippen molar-refractivity contribution in [1.29, 1.82) is 0 Å². The molecule has 0 unspecified atom stereocenters. The zero-order valence-electron chi connectivity index (χ0n) is 11.6. The topological polar surface area (TPSA) is 16.4 Å². The number of hydrogen-bond donors (Lipinski definition) is 0. The Morgan fingerprint density at radius 1 is 1.10 bits per heavy atom. The third-order valence-corrected chi connectivity index (χ3v) is 4.81. The van der Waals surface area contributed by atoms with Crippen LogP contribution in [0.15, 0.2) is 53.4 Å². The standard InChI is InChI=1S/C18H19NO/c1-2-4-17-16(3-1)5-7-18(17)8-10-19(11-9-18)13-15-6-12-20-14-15/h1-7,12,14H,8-11,13H2. The average molecular weight is 265 g/mol. The molecular weight excluding hydrogens is 246 g/mol. The van der Waals surface area contributed by atoms with E-state index >= 15 is 0 Å². The zero-order chi connectivity index (χ0) is 13.4. The molecule has 1 aromatic heterocycles. The van der Waals surface area contributed by atoms with Gasteiger partial charge >= 0.3 is 0 Å². The van der Waals surface area contributed by atoms with E-state index in [1.54, 1.807) is 6.26 Å². The molecule has 0 radical (unpaired) electrons. The summed E-state index contributed by atoms with van der Waals surface area (Å²) in [6.45, 7) is 3.33. The van der Waals surface area contributed by atoms with E-state index in [-0.39, 0.29) is 0 Å². The Kier molecular flexibility index (Phi) is 2.78. The van der Waals surface area contributed by atoms with Gasteiger partial charge in [0.1, 0.15) is 0 Å². The van der Waals surface area contributed by atoms with Gasteiger partial charge in [-0.2, -0.15) is 0 Å². The van der Waals surface area contributed by atoms with Crippen LogP contribution in [0.1, 0.15) is 29.5 Å². The summed E-state index contributed by atoms with van der Waals surface area (Å²) in [6.07, 6.45) is 10.8. The summed E-state index contributed by atoms with van der Waals surface area (Å²) in [4.78, 5) is 2.53. The summed E-state index contributed by atoms with van der Waals surface area (Å²) in [5, 5.41) is 0. The number of furan rings is 1. The molecule has 20 heavy (non-hydrogen) atoms. The van der Waals surface area contributed by atoms with Gasteiger partial charge in [-0.3, -0.25) is 4.90 Å². The number of rotatable bonds is 2. The summed E-state index contributed by atoms with van der Waals surface area (Å²) in [7, 11) is 0. The second-order valence-electron chi connectivity index (χ2n) is 5.98. The molecule has 2 nitrogen and oxygen atoms in total. The normalized spacial score (nSPS) is 20.4. The predicted octanol–water partition coefficient (Wildman–Crippen LogP) is 3.84. The third-order valence-electron chi connectivity index (χ3n) is 4.81. The van der Waals surface area contributed by atoms with Crippen molar-refractivity contribution >= 4 is 6.08 Å². The van der Waals surface area contributed by atoms with Crippen molar-refractivity contribution in [1.82, 2.24) is 4.90 Å². The predicted molar refractivity (Wildman–Crippen MR) is 80.4 cm³/mol. The first-order chi connectivity index (χ1) is 9.86. The molecule has 0 amide bonds. The maximum absolute atomic E-state index is 5.16. The van der Waals surface area contributed by atoms with E-state index in [9.17, 15) is 0 Å². The largest absolute Gasteiger partial charge is 0.472 e. The highest BCUT2D eigenvalue weighted by Crippen LogP contribution is 2.43. The van der Waals surface area contributed by atoms with Gasteiger partial charge in [0.15, 0.2) is 0 Å². The summed E-state index contributed by atoms with van der Waals surface area (Å²) in [5.74, 6) is 0. The van der Waals surface area contributed by atoms with E-state index in [0.29, 0.717) is 5.41 Å². The summed E-state index contributed by atoms with van der Waals surface area (Å²) in [6, 6.07) is 10.9. The Morgan fingerprint density at radius 2 is 1.95 bits per heavy atom. The molecule has 102 valence electrons. The SMILES string of the molecule is C1=CC2(CCN(Cc3ccoc3)CC2)c2ccccc21. The molecule has 1 spiro atoms. The van der Waals surface area contributed by atoms with E-state index < -0.39 is 0 Å². The maximum Gasteiger partial charge on any atom is 0.0947 e. The molecule has 1 aliphatic heterocycles. The van der Waals surface area contributed by atoms with Crippen molar-refractivity contribution in [3.8, 4) is 0 Å². The van der Waals surface area contributed by atoms with Crippen LogP contribution in [0.4, 0.5) is 0 Å². The Morgan fingerprint density at radius 3 is 2.75 bits per heavy atom. The highest BCUT2D eigenvalue weighted by Gasteiger charge is 2.37. The first-order valence-electron chi connectivity index (χ1n) is 7.38. The smallest absolute Gasteiger partial charge is 0.0947 e. The lowest BCUT2D eigenvalue weighted by atomic mass is 9.74. The lowest BCUT2D eigenvalue weighted by molar-refractivity contribution is 0.177. The van der Waals surface area contributed by atoms with Crippen molar-refractivity contribution in [2.45, 2.75) is 24.8 Å². The fraction of sp³-hybridized carbons (Fsp3) is 0.333. The molecule has 0 bridgehead atoms. The lowest BCUT2D eigenvalue weighted by Crippen LogP contribution is -2.40. The van der Waals surface area contributed by atoms with E-state index in [2.05, 4.69) is 47.4 Å². The number of allylic oxidation sites excluding steroid dienone is 1. The lowest BCUT2D eigenvalue weighted by Gasteiger charge is -2.39. The van der Waals surface area contributed by atoms with Gasteiger partial charge in [-0.05, 0) is 43.1 Å². The molecule has 4 rings (SSSR count). The molecule has 1 aromatic carbocycles. The Bertz CT molecular complexity index is 619. The van der Waals surface area contributed by atoms with Gasteiger partial charge in [0.05, 0.1) is 12.5 Å². The molecule has 1 saturated heterocycles. The fourth-order valence-corrected chi connectivity index (χ4v) is 3.62. The molecule has 2 heteroatoms. The zero-order valence-corrected chi connectivity index (χ0v) is 11.6. The molecule has 2 aromatic rings. The molecule has 2 heterocycles. The molecular formula is C18H19NO. The van der Waals surface area contributed by atoms with Gasteiger partial charge in [-0.15, -0.1) is 0 Å². The average Bonchev–Trinajstić information content (AvgIpc) is 3.11. The van der Waals surface area contributed by atoms with E-state index in [0.717, 1.165) is 19.6 Å². The fourth-order valence-electron chi connectivity index (χ4n) is 3.62. The van der Waals surface area contributed by atoms with Crippen LogP contribution in [0.5, 0.6) is 0 Å². The van der Waals surface area contributed by atoms with Crippen LogP contribution in [-0.2, 0) is 12.0 Å². The Balaban J connectivity index is 1.49. The van der Waals surface area contributed by atoms with Crippen molar-refractivity contribution in [2.75, 3.05) is 13.1 Å². The van der Waals surface area contributed by atoms with Gasteiger partial charge in [-0.25, -0.2) is 0 Å². The maximum atomic E-state index is 5.16. The van der Waals surface area contributed by atoms with E-state index in [1.165, 1.54) is 29.5 Å². The van der Waals surface area contributed by atoms with Gasteiger partial charge in [0.2, 0.25) is 0 Å². The third kappa shape index (κ3) is 1.92. The van der Waals surface area contributed by atoms with Crippen LogP contribution >= 0.6 is 0 Å². The van der Waals surface area contributed by atoms with Gasteiger partial charge in [0, 0.05) is 17.5 Å². The quantitative estimate of drug-likeness (QED) is 0.820. The summed E-state index contributed by atoms with van der Waals surface area (Å²) in [5.41, 5.74) is 4.52. The Hall–Kier alpha value is -1.80.